The molecule has 9 rings (SSSR count). The molecule has 17 heteroatoms. The van der Waals surface area contributed by atoms with Gasteiger partial charge in [0.05, 0.1) is 33.7 Å². The van der Waals surface area contributed by atoms with Crippen molar-refractivity contribution in [2.24, 2.45) is 11.3 Å². The number of fused-ring (bicyclic) bond motifs is 2. The number of likely N-dealkylation sites (tertiary alicyclic amines) is 1. The van der Waals surface area contributed by atoms with E-state index in [1.165, 1.54) is 35.0 Å². The lowest BCUT2D eigenvalue weighted by atomic mass is 9.72. The number of ether oxygens (including phenoxy) is 2. The van der Waals surface area contributed by atoms with E-state index >= 15 is 0 Å². The number of aromatic nitrogens is 2. The van der Waals surface area contributed by atoms with Gasteiger partial charge in [0.25, 0.3) is 21.6 Å². The van der Waals surface area contributed by atoms with Crippen molar-refractivity contribution >= 4 is 61.4 Å². The fourth-order valence-corrected chi connectivity index (χ4v) is 10.5. The van der Waals surface area contributed by atoms with E-state index in [0.29, 0.717) is 44.0 Å². The summed E-state index contributed by atoms with van der Waals surface area (Å²) in [6.07, 6.45) is 7.90. The first kappa shape index (κ1) is 43.3. The second kappa shape index (κ2) is 17.5. The second-order valence-electron chi connectivity index (χ2n) is 18.0. The van der Waals surface area contributed by atoms with Crippen LogP contribution in [0.15, 0.2) is 89.6 Å². The van der Waals surface area contributed by atoms with Gasteiger partial charge in [-0.05, 0) is 85.1 Å². The smallest absolute Gasteiger partial charge is 0.277 e. The van der Waals surface area contributed by atoms with Gasteiger partial charge in [-0.2, -0.15) is 0 Å². The van der Waals surface area contributed by atoms with Crippen molar-refractivity contribution in [3.05, 3.63) is 117 Å². The van der Waals surface area contributed by atoms with E-state index in [1.54, 1.807) is 29.3 Å². The molecule has 3 aliphatic heterocycles. The molecular weight excluding hydrogens is 858 g/mol. The van der Waals surface area contributed by atoms with Crippen LogP contribution in [0.3, 0.4) is 0 Å². The normalized spacial score (nSPS) is 19.1. The van der Waals surface area contributed by atoms with Gasteiger partial charge in [0, 0.05) is 98.6 Å². The molecule has 0 bridgehead atoms. The first-order chi connectivity index (χ1) is 30.7. The number of nitro benzene ring substituents is 1. The molecule has 3 aromatic carbocycles. The zero-order valence-corrected chi connectivity index (χ0v) is 37.3. The molecule has 0 unspecified atom stereocenters. The number of nitrogens with zero attached hydrogens (tertiary/aromatic N) is 5. The number of halogens is 1. The number of nitro groups is 1. The van der Waals surface area contributed by atoms with Crippen molar-refractivity contribution in [2.75, 3.05) is 57.3 Å². The number of rotatable bonds is 12. The van der Waals surface area contributed by atoms with Crippen molar-refractivity contribution in [1.29, 1.82) is 0 Å². The summed E-state index contributed by atoms with van der Waals surface area (Å²) in [5.74, 6) is -0.660. The standard InChI is InChI=1S/C47H50ClN7O8S/c1-47(2)13-11-33(40(25-47)31-5-7-34(48)8-6-31)28-52-16-18-53(19-17-52)35-9-10-38(43(22-35)63-36-21-32-12-14-49-45(32)50-26-36)46(57)51-64(60,61)37-23-41(55(58)59)39-20-30(29-62-42(39)24-37)27-54-15-3-4-44(54)56/h5-10,12,14,21-24,26,30H,3-4,11,13,15-20,25,27-29H2,1-2H3,(H,49,50)(H,51,57)/t30-/m0/s1. The SMILES string of the molecule is CC1(C)CCC(CN2CCN(c3ccc(C(=O)NS(=O)(=O)c4cc5c(c([N+](=O)[O-])c4)C[C@@H](CN4CCCC4=O)CO5)c(Oc4cnc5[nH]ccc5c4)c3)CC2)=C(c2ccc(Cl)cc2)C1. The van der Waals surface area contributed by atoms with E-state index in [1.807, 2.05) is 18.2 Å². The van der Waals surface area contributed by atoms with Crippen LogP contribution in [0.5, 0.6) is 17.2 Å². The van der Waals surface area contributed by atoms with Gasteiger partial charge in [-0.3, -0.25) is 24.6 Å². The van der Waals surface area contributed by atoms with Crippen molar-refractivity contribution in [1.82, 2.24) is 24.5 Å². The van der Waals surface area contributed by atoms with Gasteiger partial charge >= 0.3 is 0 Å². The summed E-state index contributed by atoms with van der Waals surface area (Å²) in [4.78, 5) is 51.3. The Balaban J connectivity index is 0.942. The Morgan fingerprint density at radius 3 is 2.59 bits per heavy atom. The van der Waals surface area contributed by atoms with Crippen molar-refractivity contribution in [3.63, 3.8) is 0 Å². The number of H-pyrrole nitrogens is 1. The Morgan fingerprint density at radius 1 is 1.05 bits per heavy atom. The van der Waals surface area contributed by atoms with Gasteiger partial charge in [0.1, 0.15) is 22.9 Å². The molecule has 0 saturated carbocycles. The van der Waals surface area contributed by atoms with E-state index in [0.717, 1.165) is 67.5 Å². The molecule has 2 N–H and O–H groups in total. The summed E-state index contributed by atoms with van der Waals surface area (Å²) in [6, 6.07) is 18.9. The maximum absolute atomic E-state index is 14.0. The molecule has 334 valence electrons. The van der Waals surface area contributed by atoms with Gasteiger partial charge < -0.3 is 24.3 Å². The molecule has 0 radical (unpaired) electrons. The van der Waals surface area contributed by atoms with Crippen LogP contribution in [0.25, 0.3) is 16.6 Å². The first-order valence-electron chi connectivity index (χ1n) is 21.7. The lowest BCUT2D eigenvalue weighted by molar-refractivity contribution is -0.386. The number of nitrogens with one attached hydrogen (secondary N) is 2. The monoisotopic (exact) mass is 907 g/mol. The fraction of sp³-hybridized carbons (Fsp3) is 0.383. The highest BCUT2D eigenvalue weighted by Crippen LogP contribution is 2.44. The number of pyridine rings is 1. The van der Waals surface area contributed by atoms with Gasteiger partial charge in [0.2, 0.25) is 5.91 Å². The van der Waals surface area contributed by atoms with Crippen molar-refractivity contribution < 1.29 is 32.4 Å². The number of aromatic amines is 1. The third-order valence-corrected chi connectivity index (χ3v) is 14.4. The number of piperazine rings is 1. The highest BCUT2D eigenvalue weighted by Gasteiger charge is 2.35. The summed E-state index contributed by atoms with van der Waals surface area (Å²) in [5.41, 5.74) is 5.48. The number of allylic oxidation sites excluding steroid dienone is 1. The largest absolute Gasteiger partial charge is 0.493 e. The van der Waals surface area contributed by atoms with E-state index in [-0.39, 0.29) is 52.9 Å². The first-order valence-corrected chi connectivity index (χ1v) is 23.5. The molecule has 2 fully saturated rings. The summed E-state index contributed by atoms with van der Waals surface area (Å²) in [5, 5.41) is 13.8. The van der Waals surface area contributed by atoms with E-state index in [2.05, 4.69) is 50.5 Å². The maximum Gasteiger partial charge on any atom is 0.277 e. The number of carbonyl (C=O) groups is 2. The summed E-state index contributed by atoms with van der Waals surface area (Å²) < 4.78 is 42.1. The number of sulfonamides is 1. The minimum Gasteiger partial charge on any atom is -0.493 e. The number of amides is 2. The van der Waals surface area contributed by atoms with Crippen LogP contribution >= 0.6 is 11.6 Å². The van der Waals surface area contributed by atoms with Gasteiger partial charge in [-0.15, -0.1) is 0 Å². The molecule has 2 aromatic heterocycles. The Kier molecular flexibility index (Phi) is 11.9. The Morgan fingerprint density at radius 2 is 1.84 bits per heavy atom. The lowest BCUT2D eigenvalue weighted by Crippen LogP contribution is -2.47. The predicted octanol–water partition coefficient (Wildman–Crippen LogP) is 7.99. The van der Waals surface area contributed by atoms with E-state index in [9.17, 15) is 28.1 Å². The third-order valence-electron chi connectivity index (χ3n) is 12.9. The zero-order chi connectivity index (χ0) is 44.8. The number of hydrogen-bond donors (Lipinski definition) is 2. The molecule has 5 heterocycles. The minimum absolute atomic E-state index is 0.0367. The molecule has 64 heavy (non-hydrogen) atoms. The van der Waals surface area contributed by atoms with Crippen LogP contribution in [-0.4, -0.2) is 97.3 Å². The maximum atomic E-state index is 14.0. The topological polar surface area (TPSA) is 180 Å². The molecule has 4 aliphatic rings. The zero-order valence-electron chi connectivity index (χ0n) is 35.8. The highest BCUT2D eigenvalue weighted by atomic mass is 35.5. The molecule has 0 spiro atoms. The molecule has 1 atom stereocenters. The Hall–Kier alpha value is -5.97. The minimum atomic E-state index is -4.66. The predicted molar refractivity (Wildman–Crippen MR) is 244 cm³/mol. The summed E-state index contributed by atoms with van der Waals surface area (Å²) >= 11 is 6.24. The van der Waals surface area contributed by atoms with E-state index < -0.39 is 31.4 Å². The third kappa shape index (κ3) is 9.31. The molecule has 2 amide bonds. The van der Waals surface area contributed by atoms with Gasteiger partial charge in [-0.1, -0.05) is 43.2 Å². The fourth-order valence-electron chi connectivity index (χ4n) is 9.36. The molecule has 1 aliphatic carbocycles. The van der Waals surface area contributed by atoms with Crippen LogP contribution in [0.4, 0.5) is 11.4 Å². The van der Waals surface area contributed by atoms with Crippen LogP contribution in [0.2, 0.25) is 5.02 Å². The van der Waals surface area contributed by atoms with Crippen LogP contribution < -0.4 is 19.1 Å². The number of carbonyl (C=O) groups excluding carboxylic acids is 2. The van der Waals surface area contributed by atoms with Crippen LogP contribution in [0.1, 0.15) is 67.4 Å². The summed E-state index contributed by atoms with van der Waals surface area (Å²) in [6.45, 7) is 9.73. The highest BCUT2D eigenvalue weighted by molar-refractivity contribution is 7.90. The van der Waals surface area contributed by atoms with Crippen LogP contribution in [-0.2, 0) is 21.2 Å². The van der Waals surface area contributed by atoms with Crippen LogP contribution in [0, 0.1) is 21.4 Å². The van der Waals surface area contributed by atoms with Crippen molar-refractivity contribution in [3.8, 4) is 17.2 Å². The number of anilines is 1. The van der Waals surface area contributed by atoms with Gasteiger partial charge in [0.15, 0.2) is 0 Å². The molecular formula is C47H50ClN7O8S. The molecule has 5 aromatic rings. The Bertz CT molecular complexity index is 2780. The second-order valence-corrected chi connectivity index (χ2v) is 20.1. The average Bonchev–Trinajstić information content (AvgIpc) is 3.92. The lowest BCUT2D eigenvalue weighted by Gasteiger charge is -2.39. The number of hydrogen-bond acceptors (Lipinski definition) is 11. The number of benzene rings is 3. The van der Waals surface area contributed by atoms with E-state index in [4.69, 9.17) is 21.1 Å². The summed E-state index contributed by atoms with van der Waals surface area (Å²) in [7, 11) is -4.66. The Labute approximate surface area is 376 Å². The molecule has 2 saturated heterocycles. The average molecular weight is 908 g/mol. The van der Waals surface area contributed by atoms with Crippen molar-refractivity contribution in [2.45, 2.75) is 57.3 Å². The quantitative estimate of drug-likeness (QED) is 0.0915. The van der Waals surface area contributed by atoms with Gasteiger partial charge in [-0.25, -0.2) is 18.1 Å². The molecule has 15 nitrogen and oxygen atoms in total.